The third-order valence-electron chi connectivity index (χ3n) is 5.38. The molecule has 0 radical (unpaired) electrons. The highest BCUT2D eigenvalue weighted by molar-refractivity contribution is 7.86. The van der Waals surface area contributed by atoms with Crippen molar-refractivity contribution in [1.29, 1.82) is 5.26 Å². The zero-order chi connectivity index (χ0) is 24.0. The van der Waals surface area contributed by atoms with Gasteiger partial charge >= 0.3 is 0 Å². The van der Waals surface area contributed by atoms with E-state index < -0.39 is 10.1 Å². The maximum atomic E-state index is 12.8. The van der Waals surface area contributed by atoms with Crippen LogP contribution in [0, 0.1) is 11.3 Å². The maximum absolute atomic E-state index is 12.8. The van der Waals surface area contributed by atoms with E-state index in [9.17, 15) is 13.2 Å². The van der Waals surface area contributed by atoms with E-state index in [4.69, 9.17) is 14.2 Å². The lowest BCUT2D eigenvalue weighted by Gasteiger charge is -2.30. The molecule has 1 aliphatic rings. The van der Waals surface area contributed by atoms with Crippen LogP contribution in [0.1, 0.15) is 21.5 Å². The molecule has 1 amide bonds. The van der Waals surface area contributed by atoms with E-state index in [0.29, 0.717) is 30.0 Å². The molecule has 0 atom stereocenters. The summed E-state index contributed by atoms with van der Waals surface area (Å²) in [4.78, 5) is 14.8. The predicted octanol–water partition coefficient (Wildman–Crippen LogP) is 3.55. The Morgan fingerprint density at radius 2 is 1.68 bits per heavy atom. The van der Waals surface area contributed by atoms with Crippen LogP contribution in [0.4, 0.5) is 11.4 Å². The molecule has 3 aromatic rings. The Bertz CT molecular complexity index is 1310. The van der Waals surface area contributed by atoms with Gasteiger partial charge in [-0.15, -0.1) is 0 Å². The molecule has 0 aromatic heterocycles. The van der Waals surface area contributed by atoms with Gasteiger partial charge in [-0.25, -0.2) is 0 Å². The first-order chi connectivity index (χ1) is 16.5. The molecule has 1 heterocycles. The summed E-state index contributed by atoms with van der Waals surface area (Å²) in [5.74, 6) is -0.274. The Morgan fingerprint density at radius 3 is 2.41 bits per heavy atom. The van der Waals surface area contributed by atoms with Crippen LogP contribution in [-0.4, -0.2) is 40.6 Å². The third-order valence-corrected chi connectivity index (χ3v) is 6.70. The highest BCUT2D eigenvalue weighted by atomic mass is 32.2. The van der Waals surface area contributed by atoms with Crippen molar-refractivity contribution in [2.75, 3.05) is 36.5 Å². The first-order valence-corrected chi connectivity index (χ1v) is 12.1. The van der Waals surface area contributed by atoms with Crippen molar-refractivity contribution in [2.45, 2.75) is 11.5 Å². The normalized spacial score (nSPS) is 13.8. The molecular weight excluding hydrogens is 454 g/mol. The highest BCUT2D eigenvalue weighted by Gasteiger charge is 2.20. The van der Waals surface area contributed by atoms with Gasteiger partial charge in [-0.3, -0.25) is 8.98 Å². The summed E-state index contributed by atoms with van der Waals surface area (Å²) in [5.41, 5.74) is 2.67. The van der Waals surface area contributed by atoms with Crippen LogP contribution in [0.15, 0.2) is 77.7 Å². The number of carbonyl (C=O) groups is 1. The Labute approximate surface area is 198 Å². The summed E-state index contributed by atoms with van der Waals surface area (Å²) < 4.78 is 35.5. The van der Waals surface area contributed by atoms with Crippen molar-refractivity contribution in [3.05, 3.63) is 89.5 Å². The first-order valence-electron chi connectivity index (χ1n) is 10.7. The van der Waals surface area contributed by atoms with Crippen molar-refractivity contribution in [2.24, 2.45) is 0 Å². The smallest absolute Gasteiger partial charge is 0.298 e. The van der Waals surface area contributed by atoms with Crippen LogP contribution < -0.4 is 10.2 Å². The number of nitrogens with one attached hydrogen (secondary N) is 1. The fourth-order valence-electron chi connectivity index (χ4n) is 3.59. The van der Waals surface area contributed by atoms with Crippen molar-refractivity contribution in [1.82, 2.24) is 0 Å². The molecule has 0 saturated carbocycles. The van der Waals surface area contributed by atoms with Crippen LogP contribution in [-0.2, 0) is 25.6 Å². The lowest BCUT2D eigenvalue weighted by Crippen LogP contribution is -2.36. The second kappa shape index (κ2) is 10.5. The van der Waals surface area contributed by atoms with E-state index in [0.717, 1.165) is 18.8 Å². The minimum Gasteiger partial charge on any atom is -0.378 e. The summed E-state index contributed by atoms with van der Waals surface area (Å²) in [5, 5.41) is 12.1. The fourth-order valence-corrected chi connectivity index (χ4v) is 4.64. The third kappa shape index (κ3) is 5.43. The second-order valence-corrected chi connectivity index (χ2v) is 9.18. The molecule has 1 N–H and O–H groups in total. The van der Waals surface area contributed by atoms with Crippen LogP contribution in [0.3, 0.4) is 0 Å². The van der Waals surface area contributed by atoms with Crippen molar-refractivity contribution < 1.29 is 22.1 Å². The van der Waals surface area contributed by atoms with Crippen LogP contribution in [0.5, 0.6) is 0 Å². The van der Waals surface area contributed by atoms with Crippen LogP contribution in [0.25, 0.3) is 0 Å². The van der Waals surface area contributed by atoms with Gasteiger partial charge in [-0.2, -0.15) is 13.7 Å². The number of ether oxygens (including phenoxy) is 1. The second-order valence-electron chi connectivity index (χ2n) is 7.59. The Kier molecular flexibility index (Phi) is 7.23. The van der Waals surface area contributed by atoms with Gasteiger partial charge in [0.15, 0.2) is 0 Å². The molecule has 1 aliphatic heterocycles. The van der Waals surface area contributed by atoms with Gasteiger partial charge in [-0.05, 0) is 42.0 Å². The summed E-state index contributed by atoms with van der Waals surface area (Å²) in [6.45, 7) is 2.57. The number of rotatable bonds is 7. The molecule has 174 valence electrons. The van der Waals surface area contributed by atoms with Gasteiger partial charge in [-0.1, -0.05) is 36.4 Å². The number of nitrogens with zero attached hydrogens (tertiary/aromatic N) is 2. The number of amides is 1. The quantitative estimate of drug-likeness (QED) is 0.518. The molecule has 8 nitrogen and oxygen atoms in total. The lowest BCUT2D eigenvalue weighted by molar-refractivity contribution is 0.102. The Hall–Kier alpha value is -3.71. The van der Waals surface area contributed by atoms with E-state index in [1.54, 1.807) is 30.3 Å². The number of nitriles is 1. The van der Waals surface area contributed by atoms with E-state index in [1.807, 2.05) is 30.3 Å². The zero-order valence-electron chi connectivity index (χ0n) is 18.3. The number of para-hydroxylation sites is 2. The SMILES string of the molecule is N#Cc1ccccc1S(=O)(=O)OCc1ccc(C(=O)Nc2ccccc2N2CCOCC2)cc1. The number of benzene rings is 3. The van der Waals surface area contributed by atoms with Gasteiger partial charge in [0.05, 0.1) is 36.8 Å². The molecule has 3 aromatic carbocycles. The van der Waals surface area contributed by atoms with Gasteiger partial charge < -0.3 is 15.0 Å². The molecular formula is C25H23N3O5S. The van der Waals surface area contributed by atoms with Crippen molar-refractivity contribution in [3.8, 4) is 6.07 Å². The molecule has 0 bridgehead atoms. The van der Waals surface area contributed by atoms with E-state index in [1.165, 1.54) is 18.2 Å². The monoisotopic (exact) mass is 477 g/mol. The number of carbonyl (C=O) groups excluding carboxylic acids is 1. The molecule has 0 unspecified atom stereocenters. The average Bonchev–Trinajstić information content (AvgIpc) is 2.88. The topological polar surface area (TPSA) is 109 Å². The first kappa shape index (κ1) is 23.4. The van der Waals surface area contributed by atoms with Crippen molar-refractivity contribution in [3.63, 3.8) is 0 Å². The van der Waals surface area contributed by atoms with E-state index in [-0.39, 0.29) is 23.0 Å². The van der Waals surface area contributed by atoms with Gasteiger partial charge in [0.1, 0.15) is 11.0 Å². The molecule has 34 heavy (non-hydrogen) atoms. The summed E-state index contributed by atoms with van der Waals surface area (Å²) in [7, 11) is -4.10. The van der Waals surface area contributed by atoms with Crippen LogP contribution in [0.2, 0.25) is 0 Å². The highest BCUT2D eigenvalue weighted by Crippen LogP contribution is 2.27. The lowest BCUT2D eigenvalue weighted by atomic mass is 10.1. The number of hydrogen-bond donors (Lipinski definition) is 1. The molecule has 1 fully saturated rings. The Morgan fingerprint density at radius 1 is 1.00 bits per heavy atom. The minimum atomic E-state index is -4.10. The molecule has 1 saturated heterocycles. The minimum absolute atomic E-state index is 0.0203. The molecule has 4 rings (SSSR count). The number of hydrogen-bond acceptors (Lipinski definition) is 7. The van der Waals surface area contributed by atoms with Gasteiger partial charge in [0, 0.05) is 18.7 Å². The van der Waals surface area contributed by atoms with E-state index in [2.05, 4.69) is 10.2 Å². The van der Waals surface area contributed by atoms with Gasteiger partial charge in [0.25, 0.3) is 16.0 Å². The maximum Gasteiger partial charge on any atom is 0.298 e. The summed E-state index contributed by atoms with van der Waals surface area (Å²) >= 11 is 0. The van der Waals surface area contributed by atoms with E-state index >= 15 is 0 Å². The molecule has 0 spiro atoms. The standard InChI is InChI=1S/C25H23N3O5S/c26-17-21-5-1-4-8-24(21)34(30,31)33-18-19-9-11-20(12-10-19)25(29)27-22-6-2-3-7-23(22)28-13-15-32-16-14-28/h1-12H,13-16,18H2,(H,27,29). The molecule has 9 heteroatoms. The molecule has 0 aliphatic carbocycles. The fraction of sp³-hybridized carbons (Fsp3) is 0.200. The number of morpholine rings is 1. The largest absolute Gasteiger partial charge is 0.378 e. The average molecular weight is 478 g/mol. The summed E-state index contributed by atoms with van der Waals surface area (Å²) in [6, 6.07) is 21.8. The van der Waals surface area contributed by atoms with Gasteiger partial charge in [0.2, 0.25) is 0 Å². The predicted molar refractivity (Wildman–Crippen MR) is 127 cm³/mol. The van der Waals surface area contributed by atoms with Crippen LogP contribution >= 0.6 is 0 Å². The Balaban J connectivity index is 1.41. The summed E-state index contributed by atoms with van der Waals surface area (Å²) in [6.07, 6.45) is 0. The van der Waals surface area contributed by atoms with Crippen molar-refractivity contribution >= 4 is 27.4 Å². The number of anilines is 2. The zero-order valence-corrected chi connectivity index (χ0v) is 19.1.